The maximum atomic E-state index is 4.80. The van der Waals surface area contributed by atoms with E-state index in [2.05, 4.69) is 86.6 Å². The minimum atomic E-state index is 0.804. The third-order valence-corrected chi connectivity index (χ3v) is 5.07. The van der Waals surface area contributed by atoms with Gasteiger partial charge in [-0.3, -0.25) is 0 Å². The number of halogens is 1. The molecule has 120 valence electrons. The molecule has 5 rings (SSSR count). The molecule has 4 aromatic rings. The number of benzene rings is 2. The van der Waals surface area contributed by atoms with E-state index in [1.807, 2.05) is 6.21 Å². The van der Waals surface area contributed by atoms with E-state index in [0.717, 1.165) is 55.3 Å². The molecular formula is C21H14BrN3. The molecule has 0 fully saturated rings. The van der Waals surface area contributed by atoms with Crippen molar-refractivity contribution in [2.45, 2.75) is 6.42 Å². The first kappa shape index (κ1) is 14.6. The Morgan fingerprint density at radius 1 is 0.960 bits per heavy atom. The quantitative estimate of drug-likeness (QED) is 0.411. The second kappa shape index (κ2) is 5.67. The van der Waals surface area contributed by atoms with Crippen molar-refractivity contribution < 1.29 is 0 Å². The largest absolute Gasteiger partial charge is 0.353 e. The molecule has 1 aliphatic heterocycles. The van der Waals surface area contributed by atoms with E-state index >= 15 is 0 Å². The molecule has 0 atom stereocenters. The van der Waals surface area contributed by atoms with E-state index in [4.69, 9.17) is 4.98 Å². The molecule has 0 spiro atoms. The number of aromatic nitrogens is 2. The highest BCUT2D eigenvalue weighted by Gasteiger charge is 2.14. The first-order valence-corrected chi connectivity index (χ1v) is 8.99. The number of allylic oxidation sites excluding steroid dienone is 1. The average Bonchev–Trinajstić information content (AvgIpc) is 2.83. The van der Waals surface area contributed by atoms with Gasteiger partial charge in [0.2, 0.25) is 0 Å². The minimum absolute atomic E-state index is 0.804. The van der Waals surface area contributed by atoms with Crippen LogP contribution in [-0.2, 0) is 0 Å². The van der Waals surface area contributed by atoms with Gasteiger partial charge in [-0.1, -0.05) is 58.4 Å². The maximum Gasteiger partial charge on any atom is 0.160 e. The van der Waals surface area contributed by atoms with Crippen molar-refractivity contribution in [1.82, 2.24) is 9.97 Å². The Morgan fingerprint density at radius 2 is 1.80 bits per heavy atom. The number of nitrogens with one attached hydrogen (secondary N) is 1. The van der Waals surface area contributed by atoms with Crippen LogP contribution in [0, 0.1) is 0 Å². The number of rotatable bonds is 1. The Bertz CT molecular complexity index is 1170. The van der Waals surface area contributed by atoms with Crippen molar-refractivity contribution in [1.29, 1.82) is 0 Å². The van der Waals surface area contributed by atoms with E-state index in [1.54, 1.807) is 0 Å². The zero-order valence-electron chi connectivity index (χ0n) is 13.3. The molecule has 1 aliphatic rings. The van der Waals surface area contributed by atoms with Crippen molar-refractivity contribution in [3.63, 3.8) is 0 Å². The molecule has 1 N–H and O–H groups in total. The van der Waals surface area contributed by atoms with Crippen molar-refractivity contribution in [2.75, 3.05) is 0 Å². The predicted octanol–water partition coefficient (Wildman–Crippen LogP) is 6.26. The summed E-state index contributed by atoms with van der Waals surface area (Å²) >= 11 is 3.49. The highest BCUT2D eigenvalue weighted by molar-refractivity contribution is 9.10. The molecule has 25 heavy (non-hydrogen) atoms. The van der Waals surface area contributed by atoms with E-state index in [-0.39, 0.29) is 0 Å². The second-order valence-corrected chi connectivity index (χ2v) is 7.02. The lowest BCUT2D eigenvalue weighted by molar-refractivity contribution is 1.35. The second-order valence-electron chi connectivity index (χ2n) is 6.10. The van der Waals surface area contributed by atoms with Gasteiger partial charge in [0.25, 0.3) is 0 Å². The van der Waals surface area contributed by atoms with Crippen LogP contribution in [0.25, 0.3) is 39.1 Å². The van der Waals surface area contributed by atoms with Crippen LogP contribution in [-0.4, -0.2) is 16.2 Å². The fourth-order valence-electron chi connectivity index (χ4n) is 3.29. The van der Waals surface area contributed by atoms with Crippen molar-refractivity contribution in [2.24, 2.45) is 4.99 Å². The van der Waals surface area contributed by atoms with Crippen LogP contribution in [0.15, 0.2) is 64.1 Å². The molecule has 2 aromatic carbocycles. The summed E-state index contributed by atoms with van der Waals surface area (Å²) in [6.07, 6.45) is 7.02. The van der Waals surface area contributed by atoms with Gasteiger partial charge >= 0.3 is 0 Å². The molecule has 0 unspecified atom stereocenters. The van der Waals surface area contributed by atoms with Crippen LogP contribution >= 0.6 is 15.9 Å². The normalized spacial score (nSPS) is 13.3. The van der Waals surface area contributed by atoms with Crippen LogP contribution in [0.1, 0.15) is 12.0 Å². The molecule has 0 aliphatic carbocycles. The molecule has 0 saturated heterocycles. The van der Waals surface area contributed by atoms with Crippen LogP contribution in [0.3, 0.4) is 0 Å². The van der Waals surface area contributed by atoms with Gasteiger partial charge in [0, 0.05) is 39.1 Å². The number of aliphatic imine (C=N–C) groups is 1. The molecule has 3 heterocycles. The van der Waals surface area contributed by atoms with Gasteiger partial charge in [-0.15, -0.1) is 0 Å². The molecule has 2 aromatic heterocycles. The summed E-state index contributed by atoms with van der Waals surface area (Å²) < 4.78 is 1.07. The first-order valence-electron chi connectivity index (χ1n) is 8.20. The monoisotopic (exact) mass is 387 g/mol. The van der Waals surface area contributed by atoms with Crippen LogP contribution in [0.5, 0.6) is 0 Å². The smallest absolute Gasteiger partial charge is 0.160 e. The lowest BCUT2D eigenvalue weighted by Gasteiger charge is -2.06. The van der Waals surface area contributed by atoms with Crippen molar-refractivity contribution in [3.05, 3.63) is 64.6 Å². The van der Waals surface area contributed by atoms with Crippen molar-refractivity contribution in [3.8, 4) is 11.3 Å². The van der Waals surface area contributed by atoms with Gasteiger partial charge in [-0.25, -0.2) is 9.98 Å². The zero-order valence-corrected chi connectivity index (χ0v) is 14.9. The van der Waals surface area contributed by atoms with Gasteiger partial charge in [0.1, 0.15) is 0 Å². The number of hydrogen-bond donors (Lipinski definition) is 1. The van der Waals surface area contributed by atoms with E-state index in [1.165, 1.54) is 0 Å². The number of pyridine rings is 1. The van der Waals surface area contributed by atoms with Gasteiger partial charge in [0.05, 0.1) is 11.0 Å². The molecule has 0 radical (unpaired) electrons. The van der Waals surface area contributed by atoms with Gasteiger partial charge in [-0.05, 0) is 23.8 Å². The van der Waals surface area contributed by atoms with Crippen LogP contribution in [0.4, 0.5) is 5.82 Å². The number of fused-ring (bicyclic) bond motifs is 5. The fraction of sp³-hybridized carbons (Fsp3) is 0.0476. The Hall–Kier alpha value is -2.72. The number of nitrogens with zero attached hydrogens (tertiary/aromatic N) is 2. The van der Waals surface area contributed by atoms with Gasteiger partial charge < -0.3 is 4.98 Å². The molecule has 0 amide bonds. The summed E-state index contributed by atoms with van der Waals surface area (Å²) in [5.74, 6) is 0.804. The Kier molecular flexibility index (Phi) is 3.31. The van der Waals surface area contributed by atoms with Crippen molar-refractivity contribution >= 4 is 55.8 Å². The topological polar surface area (TPSA) is 41.0 Å². The van der Waals surface area contributed by atoms with Gasteiger partial charge in [0.15, 0.2) is 5.82 Å². The van der Waals surface area contributed by atoms with E-state index in [9.17, 15) is 0 Å². The standard InChI is InChI=1S/C21H14BrN3/c22-15-8-4-13(5-9-15)18-11-7-14-6-10-16-17-3-1-2-12-23-21(17)25-20(16)19(14)24-18/h1,3-12,24H,2H2. The van der Waals surface area contributed by atoms with Crippen LogP contribution < -0.4 is 0 Å². The van der Waals surface area contributed by atoms with E-state index < -0.39 is 0 Å². The average molecular weight is 388 g/mol. The summed E-state index contributed by atoms with van der Waals surface area (Å²) in [6.45, 7) is 0. The molecule has 0 bridgehead atoms. The highest BCUT2D eigenvalue weighted by Crippen LogP contribution is 2.35. The fourth-order valence-corrected chi connectivity index (χ4v) is 3.56. The summed E-state index contributed by atoms with van der Waals surface area (Å²) in [5.41, 5.74) is 5.35. The lowest BCUT2D eigenvalue weighted by atomic mass is 10.1. The Morgan fingerprint density at radius 3 is 2.68 bits per heavy atom. The Balaban J connectivity index is 1.78. The van der Waals surface area contributed by atoms with E-state index in [0.29, 0.717) is 0 Å². The maximum absolute atomic E-state index is 4.80. The minimum Gasteiger partial charge on any atom is -0.353 e. The lowest BCUT2D eigenvalue weighted by Crippen LogP contribution is -1.86. The third kappa shape index (κ3) is 2.41. The molecule has 4 heteroatoms. The van der Waals surface area contributed by atoms with Crippen LogP contribution in [0.2, 0.25) is 0 Å². The van der Waals surface area contributed by atoms with Gasteiger partial charge in [-0.2, -0.15) is 0 Å². The predicted molar refractivity (Wildman–Crippen MR) is 109 cm³/mol. The number of aromatic amines is 1. The summed E-state index contributed by atoms with van der Waals surface area (Å²) in [4.78, 5) is 12.9. The zero-order chi connectivity index (χ0) is 16.8. The highest BCUT2D eigenvalue weighted by atomic mass is 79.9. The summed E-state index contributed by atoms with van der Waals surface area (Å²) in [5, 5.41) is 2.29. The number of hydrogen-bond acceptors (Lipinski definition) is 2. The first-order chi connectivity index (χ1) is 12.3. The Labute approximate surface area is 153 Å². The molecular weight excluding hydrogens is 374 g/mol. The summed E-state index contributed by atoms with van der Waals surface area (Å²) in [6, 6.07) is 16.8. The number of H-pyrrole nitrogens is 1. The molecule has 3 nitrogen and oxygen atoms in total. The third-order valence-electron chi connectivity index (χ3n) is 4.54. The SMILES string of the molecule is Brc1ccc(-c2ccc3ccc4c5c(nc4c3[nH]2)N=CCC=C5)cc1. The summed E-state index contributed by atoms with van der Waals surface area (Å²) in [7, 11) is 0. The molecule has 0 saturated carbocycles.